The van der Waals surface area contributed by atoms with Crippen molar-refractivity contribution in [2.45, 2.75) is 13.8 Å². The van der Waals surface area contributed by atoms with Gasteiger partial charge in [-0.3, -0.25) is 0 Å². The molecule has 4 nitrogen and oxygen atoms in total. The molecule has 1 aromatic rings. The number of hydrogen-bond donors (Lipinski definition) is 2. The van der Waals surface area contributed by atoms with Crippen LogP contribution in [0.15, 0.2) is 6.07 Å². The minimum Gasteiger partial charge on any atom is -0.508 e. The first-order valence-electron chi connectivity index (χ1n) is 4.91. The summed E-state index contributed by atoms with van der Waals surface area (Å²) in [5.41, 5.74) is 1.23. The summed E-state index contributed by atoms with van der Waals surface area (Å²) in [4.78, 5) is 11.7. The van der Waals surface area contributed by atoms with E-state index < -0.39 is 5.97 Å². The molecule has 0 radical (unpaired) electrons. The van der Waals surface area contributed by atoms with Gasteiger partial charge in [-0.1, -0.05) is 8.93 Å². The van der Waals surface area contributed by atoms with Gasteiger partial charge in [0.25, 0.3) is 0 Å². The Morgan fingerprint density at radius 3 is 2.59 bits per heavy atom. The molecule has 0 aliphatic carbocycles. The Morgan fingerprint density at radius 2 is 2.00 bits per heavy atom. The molecular weight excluding hydrogens is 355 g/mol. The third-order valence-corrected chi connectivity index (χ3v) is 4.09. The Labute approximate surface area is 116 Å². The molecule has 6 heteroatoms. The summed E-state index contributed by atoms with van der Waals surface area (Å²) in [6, 6.07) is 1.16. The number of halogens is 1. The van der Waals surface area contributed by atoms with Crippen LogP contribution >= 0.6 is 30.1 Å². The van der Waals surface area contributed by atoms with Crippen LogP contribution in [0.5, 0.6) is 11.5 Å². The molecule has 0 atom stereocenters. The number of benzene rings is 1. The van der Waals surface area contributed by atoms with Crippen molar-refractivity contribution >= 4 is 36.1 Å². The second-order valence-electron chi connectivity index (χ2n) is 3.49. The van der Waals surface area contributed by atoms with Gasteiger partial charge < -0.3 is 14.9 Å². The highest BCUT2D eigenvalue weighted by Crippen LogP contribution is 2.31. The molecular formula is C11H13IO4S. The van der Waals surface area contributed by atoms with Crippen molar-refractivity contribution in [2.75, 3.05) is 12.4 Å². The normalized spacial score (nSPS) is 10.3. The summed E-state index contributed by atoms with van der Waals surface area (Å²) < 4.78 is 5.02. The lowest BCUT2D eigenvalue weighted by molar-refractivity contribution is 0.0526. The number of rotatable bonds is 4. The maximum Gasteiger partial charge on any atom is 0.342 e. The Bertz CT molecular complexity index is 434. The van der Waals surface area contributed by atoms with Crippen LogP contribution in [0.3, 0.4) is 0 Å². The van der Waals surface area contributed by atoms with Crippen LogP contribution in [0.25, 0.3) is 0 Å². The highest BCUT2D eigenvalue weighted by molar-refractivity contribution is 14.2. The summed E-state index contributed by atoms with van der Waals surface area (Å²) >= 11 is 2.11. The molecule has 1 aromatic carbocycles. The summed E-state index contributed by atoms with van der Waals surface area (Å²) in [5, 5.41) is 19.1. The van der Waals surface area contributed by atoms with Gasteiger partial charge in [-0.2, -0.15) is 0 Å². The van der Waals surface area contributed by atoms with Crippen LogP contribution in [0.4, 0.5) is 0 Å². The Balaban J connectivity index is 2.97. The molecule has 0 unspecified atom stereocenters. The molecule has 0 aliphatic heterocycles. The molecule has 0 aliphatic rings. The first-order chi connectivity index (χ1) is 7.99. The predicted molar refractivity (Wildman–Crippen MR) is 76.0 cm³/mol. The molecule has 0 aromatic heterocycles. The van der Waals surface area contributed by atoms with E-state index in [0.29, 0.717) is 23.5 Å². The molecule has 0 amide bonds. The number of phenols is 2. The summed E-state index contributed by atoms with van der Waals surface area (Å²) in [5.74, 6) is -0.144. The van der Waals surface area contributed by atoms with E-state index in [4.69, 9.17) is 4.74 Å². The van der Waals surface area contributed by atoms with E-state index in [2.05, 4.69) is 21.2 Å². The number of hydrogen-bond acceptors (Lipinski definition) is 5. The monoisotopic (exact) mass is 368 g/mol. The van der Waals surface area contributed by atoms with Gasteiger partial charge in [0, 0.05) is 11.8 Å². The highest BCUT2D eigenvalue weighted by Gasteiger charge is 2.19. The molecule has 2 N–H and O–H groups in total. The first-order valence-corrected chi connectivity index (χ1v) is 8.44. The van der Waals surface area contributed by atoms with Crippen molar-refractivity contribution in [3.8, 4) is 11.5 Å². The predicted octanol–water partition coefficient (Wildman–Crippen LogP) is 2.95. The van der Waals surface area contributed by atoms with Crippen molar-refractivity contribution in [1.82, 2.24) is 0 Å². The average molecular weight is 368 g/mol. The molecule has 0 bridgehead atoms. The summed E-state index contributed by atoms with van der Waals surface area (Å²) in [7, 11) is 1.54. The summed E-state index contributed by atoms with van der Waals surface area (Å²) in [6.07, 6.45) is 0. The van der Waals surface area contributed by atoms with Crippen LogP contribution in [-0.4, -0.2) is 28.5 Å². The second-order valence-corrected chi connectivity index (χ2v) is 5.98. The van der Waals surface area contributed by atoms with Crippen LogP contribution in [-0.2, 0) is 4.74 Å². The first kappa shape index (κ1) is 14.4. The lowest BCUT2D eigenvalue weighted by Gasteiger charge is -2.11. The zero-order chi connectivity index (χ0) is 13.0. The van der Waals surface area contributed by atoms with Crippen LogP contribution in [0, 0.1) is 13.8 Å². The minimum atomic E-state index is -0.562. The van der Waals surface area contributed by atoms with Crippen LogP contribution < -0.4 is 0 Å². The van der Waals surface area contributed by atoms with Crippen molar-refractivity contribution in [1.29, 1.82) is 0 Å². The Hall–Kier alpha value is -0.630. The van der Waals surface area contributed by atoms with E-state index in [1.807, 2.05) is 0 Å². The Morgan fingerprint density at radius 1 is 1.35 bits per heavy atom. The maximum atomic E-state index is 11.7. The molecule has 0 fully saturated rings. The van der Waals surface area contributed by atoms with Gasteiger partial charge in [-0.25, -0.2) is 4.79 Å². The fourth-order valence-electron chi connectivity index (χ4n) is 1.38. The minimum absolute atomic E-state index is 0.0284. The van der Waals surface area contributed by atoms with Crippen molar-refractivity contribution in [2.24, 2.45) is 0 Å². The Kier molecular flexibility index (Phi) is 5.38. The molecule has 17 heavy (non-hydrogen) atoms. The fraction of sp³-hybridized carbons (Fsp3) is 0.364. The molecule has 0 saturated carbocycles. The third-order valence-electron chi connectivity index (χ3n) is 2.45. The van der Waals surface area contributed by atoms with E-state index in [0.717, 1.165) is 6.07 Å². The van der Waals surface area contributed by atoms with Crippen LogP contribution in [0.2, 0.25) is 0 Å². The van der Waals surface area contributed by atoms with Gasteiger partial charge in [-0.15, -0.1) is 0 Å². The van der Waals surface area contributed by atoms with Crippen LogP contribution in [0.1, 0.15) is 21.5 Å². The zero-order valence-electron chi connectivity index (χ0n) is 9.49. The van der Waals surface area contributed by atoms with Gasteiger partial charge in [0.1, 0.15) is 23.7 Å². The molecule has 94 valence electrons. The quantitative estimate of drug-likeness (QED) is 0.486. The fourth-order valence-corrected chi connectivity index (χ4v) is 2.06. The molecule has 0 spiro atoms. The zero-order valence-corrected chi connectivity index (χ0v) is 12.5. The SMILES string of the molecule is Cc1c(O)cc(O)c(C(=O)OCCSI)c1C. The lowest BCUT2D eigenvalue weighted by atomic mass is 10.0. The standard InChI is InChI=1S/C11H13IO4S/c1-6-7(2)10(9(14)5-8(6)13)11(15)16-3-4-17-12/h5,13-14H,3-4H2,1-2H3. The number of ether oxygens (including phenoxy) is 1. The number of carbonyl (C=O) groups is 1. The topological polar surface area (TPSA) is 66.8 Å². The van der Waals surface area contributed by atoms with Crippen molar-refractivity contribution < 1.29 is 19.7 Å². The number of esters is 1. The van der Waals surface area contributed by atoms with E-state index in [1.165, 1.54) is 0 Å². The molecule has 1 rings (SSSR count). The number of phenolic OH excluding ortho intramolecular Hbond substituents is 2. The van der Waals surface area contributed by atoms with Crippen molar-refractivity contribution in [3.05, 3.63) is 22.8 Å². The van der Waals surface area contributed by atoms with E-state index in [1.54, 1.807) is 22.8 Å². The van der Waals surface area contributed by atoms with E-state index >= 15 is 0 Å². The maximum absolute atomic E-state index is 11.7. The molecule has 0 saturated heterocycles. The summed E-state index contributed by atoms with van der Waals surface area (Å²) in [6.45, 7) is 3.64. The molecule has 0 heterocycles. The van der Waals surface area contributed by atoms with Gasteiger partial charge >= 0.3 is 5.97 Å². The smallest absolute Gasteiger partial charge is 0.342 e. The lowest BCUT2D eigenvalue weighted by Crippen LogP contribution is -2.10. The third kappa shape index (κ3) is 3.41. The average Bonchev–Trinajstić information content (AvgIpc) is 2.26. The van der Waals surface area contributed by atoms with E-state index in [9.17, 15) is 15.0 Å². The van der Waals surface area contributed by atoms with Gasteiger partial charge in [0.2, 0.25) is 0 Å². The number of aromatic hydroxyl groups is 2. The van der Waals surface area contributed by atoms with Gasteiger partial charge in [0.05, 0.1) is 0 Å². The highest BCUT2D eigenvalue weighted by atomic mass is 127. The number of carbonyl (C=O) groups excluding carboxylic acids is 1. The van der Waals surface area contributed by atoms with Gasteiger partial charge in [-0.05, 0) is 46.2 Å². The van der Waals surface area contributed by atoms with Crippen molar-refractivity contribution in [3.63, 3.8) is 0 Å². The largest absolute Gasteiger partial charge is 0.508 e. The van der Waals surface area contributed by atoms with E-state index in [-0.39, 0.29) is 17.1 Å². The second kappa shape index (κ2) is 6.34. The van der Waals surface area contributed by atoms with Gasteiger partial charge in [0.15, 0.2) is 0 Å².